The molecule has 0 aliphatic heterocycles. The van der Waals surface area contributed by atoms with E-state index in [1.165, 1.54) is 25.7 Å². The molecule has 4 nitrogen and oxygen atoms in total. The third kappa shape index (κ3) is 3.74. The van der Waals surface area contributed by atoms with Crippen LogP contribution in [0.3, 0.4) is 0 Å². The lowest BCUT2D eigenvalue weighted by molar-refractivity contribution is 0.0697. The van der Waals surface area contributed by atoms with Crippen LogP contribution in [0.15, 0.2) is 24.3 Å². The molecule has 0 bridgehead atoms. The van der Waals surface area contributed by atoms with Crippen molar-refractivity contribution in [2.24, 2.45) is 0 Å². The molecule has 1 saturated carbocycles. The van der Waals surface area contributed by atoms with Gasteiger partial charge in [0.05, 0.1) is 5.56 Å². The summed E-state index contributed by atoms with van der Waals surface area (Å²) in [7, 11) is 0. The van der Waals surface area contributed by atoms with Crippen LogP contribution in [0.1, 0.15) is 36.0 Å². The van der Waals surface area contributed by atoms with Crippen LogP contribution >= 0.6 is 0 Å². The van der Waals surface area contributed by atoms with Crippen molar-refractivity contribution in [3.8, 4) is 5.75 Å². The summed E-state index contributed by atoms with van der Waals surface area (Å²) in [5, 5.41) is 12.2. The van der Waals surface area contributed by atoms with Crippen molar-refractivity contribution in [3.63, 3.8) is 0 Å². The second-order valence-electron chi connectivity index (χ2n) is 4.61. The number of hydrogen-bond acceptors (Lipinski definition) is 3. The maximum atomic E-state index is 10.7. The van der Waals surface area contributed by atoms with Crippen LogP contribution in [-0.4, -0.2) is 30.3 Å². The van der Waals surface area contributed by atoms with Crippen molar-refractivity contribution >= 4 is 5.97 Å². The molecule has 1 aromatic rings. The summed E-state index contributed by atoms with van der Waals surface area (Å²) in [4.78, 5) is 10.7. The summed E-state index contributed by atoms with van der Waals surface area (Å²) >= 11 is 0. The van der Waals surface area contributed by atoms with Gasteiger partial charge in [-0.2, -0.15) is 0 Å². The van der Waals surface area contributed by atoms with Crippen LogP contribution in [-0.2, 0) is 0 Å². The zero-order valence-corrected chi connectivity index (χ0v) is 10.4. The van der Waals surface area contributed by atoms with Crippen LogP contribution in [0.2, 0.25) is 0 Å². The van der Waals surface area contributed by atoms with E-state index in [1.54, 1.807) is 24.3 Å². The first-order chi connectivity index (χ1) is 8.75. The molecule has 0 saturated heterocycles. The second kappa shape index (κ2) is 6.40. The predicted molar refractivity (Wildman–Crippen MR) is 69.2 cm³/mol. The molecule has 0 radical (unpaired) electrons. The highest BCUT2D eigenvalue weighted by atomic mass is 16.5. The van der Waals surface area contributed by atoms with E-state index in [4.69, 9.17) is 9.84 Å². The molecule has 1 aromatic carbocycles. The van der Waals surface area contributed by atoms with E-state index in [1.807, 2.05) is 0 Å². The largest absolute Gasteiger partial charge is 0.492 e. The SMILES string of the molecule is O=C(O)c1ccc(OCCNC2CCCC2)cc1. The zero-order chi connectivity index (χ0) is 12.8. The maximum absolute atomic E-state index is 10.7. The molecule has 18 heavy (non-hydrogen) atoms. The normalized spacial score (nSPS) is 15.8. The lowest BCUT2D eigenvalue weighted by atomic mass is 10.2. The third-order valence-electron chi connectivity index (χ3n) is 3.26. The molecule has 0 atom stereocenters. The van der Waals surface area contributed by atoms with E-state index in [9.17, 15) is 4.79 Å². The molecule has 2 rings (SSSR count). The number of carboxylic acids is 1. The number of hydrogen-bond donors (Lipinski definition) is 2. The molecule has 4 heteroatoms. The Balaban J connectivity index is 1.68. The molecular formula is C14H19NO3. The topological polar surface area (TPSA) is 58.6 Å². The molecule has 0 unspecified atom stereocenters. The third-order valence-corrected chi connectivity index (χ3v) is 3.26. The summed E-state index contributed by atoms with van der Waals surface area (Å²) in [6.45, 7) is 1.45. The van der Waals surface area contributed by atoms with Crippen molar-refractivity contribution in [2.75, 3.05) is 13.2 Å². The van der Waals surface area contributed by atoms with Gasteiger partial charge in [0.25, 0.3) is 0 Å². The van der Waals surface area contributed by atoms with E-state index in [0.29, 0.717) is 18.4 Å². The highest BCUT2D eigenvalue weighted by Gasteiger charge is 2.13. The first-order valence-corrected chi connectivity index (χ1v) is 6.45. The Morgan fingerprint density at radius 2 is 1.94 bits per heavy atom. The van der Waals surface area contributed by atoms with Gasteiger partial charge in [-0.1, -0.05) is 12.8 Å². The summed E-state index contributed by atoms with van der Waals surface area (Å²) in [6, 6.07) is 7.16. The van der Waals surface area contributed by atoms with E-state index in [0.717, 1.165) is 6.54 Å². The average molecular weight is 249 g/mol. The Bertz CT molecular complexity index is 383. The first kappa shape index (κ1) is 12.9. The summed E-state index contributed by atoms with van der Waals surface area (Å²) in [5.74, 6) is -0.197. The molecule has 2 N–H and O–H groups in total. The number of carbonyl (C=O) groups is 1. The number of ether oxygens (including phenoxy) is 1. The van der Waals surface area contributed by atoms with E-state index >= 15 is 0 Å². The summed E-state index contributed by atoms with van der Waals surface area (Å²) in [6.07, 6.45) is 5.20. The van der Waals surface area contributed by atoms with Crippen LogP contribution in [0.5, 0.6) is 5.75 Å². The number of benzene rings is 1. The molecule has 1 fully saturated rings. The quantitative estimate of drug-likeness (QED) is 0.759. The van der Waals surface area contributed by atoms with Gasteiger partial charge in [-0.05, 0) is 37.1 Å². The van der Waals surface area contributed by atoms with Crippen LogP contribution in [0, 0.1) is 0 Å². The Labute approximate surface area is 107 Å². The highest BCUT2D eigenvalue weighted by Crippen LogP contribution is 2.17. The van der Waals surface area contributed by atoms with Crippen molar-refractivity contribution in [1.82, 2.24) is 5.32 Å². The van der Waals surface area contributed by atoms with Crippen LogP contribution < -0.4 is 10.1 Å². The fraction of sp³-hybridized carbons (Fsp3) is 0.500. The molecular weight excluding hydrogens is 230 g/mol. The van der Waals surface area contributed by atoms with E-state index in [2.05, 4.69) is 5.32 Å². The highest BCUT2D eigenvalue weighted by molar-refractivity contribution is 5.87. The fourth-order valence-corrected chi connectivity index (χ4v) is 2.26. The van der Waals surface area contributed by atoms with Gasteiger partial charge in [-0.15, -0.1) is 0 Å². The van der Waals surface area contributed by atoms with Crippen molar-refractivity contribution in [2.45, 2.75) is 31.7 Å². The van der Waals surface area contributed by atoms with Crippen molar-refractivity contribution < 1.29 is 14.6 Å². The minimum absolute atomic E-state index is 0.284. The van der Waals surface area contributed by atoms with Gasteiger partial charge in [0.15, 0.2) is 0 Å². The Hall–Kier alpha value is -1.55. The van der Waals surface area contributed by atoms with Crippen LogP contribution in [0.4, 0.5) is 0 Å². The van der Waals surface area contributed by atoms with Crippen molar-refractivity contribution in [3.05, 3.63) is 29.8 Å². The smallest absolute Gasteiger partial charge is 0.335 e. The van der Waals surface area contributed by atoms with Gasteiger partial charge in [-0.3, -0.25) is 0 Å². The molecule has 98 valence electrons. The van der Waals surface area contributed by atoms with Crippen LogP contribution in [0.25, 0.3) is 0 Å². The molecule has 1 aliphatic carbocycles. The average Bonchev–Trinajstić information content (AvgIpc) is 2.88. The minimum Gasteiger partial charge on any atom is -0.492 e. The van der Waals surface area contributed by atoms with E-state index < -0.39 is 5.97 Å². The monoisotopic (exact) mass is 249 g/mol. The minimum atomic E-state index is -0.913. The Morgan fingerprint density at radius 1 is 1.28 bits per heavy atom. The maximum Gasteiger partial charge on any atom is 0.335 e. The van der Waals surface area contributed by atoms with Crippen molar-refractivity contribution in [1.29, 1.82) is 0 Å². The summed E-state index contributed by atoms with van der Waals surface area (Å²) in [5.41, 5.74) is 0.284. The van der Waals surface area contributed by atoms with Gasteiger partial charge >= 0.3 is 5.97 Å². The van der Waals surface area contributed by atoms with E-state index in [-0.39, 0.29) is 5.56 Å². The number of rotatable bonds is 6. The molecule has 0 amide bonds. The van der Waals surface area contributed by atoms with Gasteiger partial charge in [0, 0.05) is 12.6 Å². The lowest BCUT2D eigenvalue weighted by Gasteiger charge is -2.12. The Morgan fingerprint density at radius 3 is 2.56 bits per heavy atom. The van der Waals surface area contributed by atoms with Gasteiger partial charge in [0.2, 0.25) is 0 Å². The van der Waals surface area contributed by atoms with Gasteiger partial charge in [-0.25, -0.2) is 4.79 Å². The lowest BCUT2D eigenvalue weighted by Crippen LogP contribution is -2.30. The fourth-order valence-electron chi connectivity index (χ4n) is 2.26. The number of aromatic carboxylic acids is 1. The van der Waals surface area contributed by atoms with Gasteiger partial charge in [0.1, 0.15) is 12.4 Å². The first-order valence-electron chi connectivity index (χ1n) is 6.45. The number of carboxylic acid groups (broad SMARTS) is 1. The molecule has 0 aromatic heterocycles. The second-order valence-corrected chi connectivity index (χ2v) is 4.61. The van der Waals surface area contributed by atoms with Gasteiger partial charge < -0.3 is 15.2 Å². The molecule has 0 heterocycles. The number of nitrogens with one attached hydrogen (secondary N) is 1. The molecule has 1 aliphatic rings. The molecule has 0 spiro atoms. The standard InChI is InChI=1S/C14H19NO3/c16-14(17)11-5-7-13(8-6-11)18-10-9-15-12-3-1-2-4-12/h5-8,12,15H,1-4,9-10H2,(H,16,17). The zero-order valence-electron chi connectivity index (χ0n) is 10.4. The summed E-state index contributed by atoms with van der Waals surface area (Å²) < 4.78 is 5.55. The Kier molecular flexibility index (Phi) is 4.59. The predicted octanol–water partition coefficient (Wildman–Crippen LogP) is 2.30.